The Balaban J connectivity index is 1.91. The molecule has 1 aliphatic rings. The van der Waals surface area contributed by atoms with Crippen LogP contribution >= 0.6 is 0 Å². The molecule has 0 bridgehead atoms. The van der Waals surface area contributed by atoms with Gasteiger partial charge in [-0.2, -0.15) is 0 Å². The van der Waals surface area contributed by atoms with Gasteiger partial charge in [0.25, 0.3) is 0 Å². The van der Waals surface area contributed by atoms with Gasteiger partial charge in [0.1, 0.15) is 12.3 Å². The molecule has 0 spiro atoms. The molecule has 1 aromatic rings. The molecular weight excluding hydrogens is 380 g/mol. The monoisotopic (exact) mass is 412 g/mol. The van der Waals surface area contributed by atoms with E-state index in [0.717, 1.165) is 55.3 Å². The zero-order valence-corrected chi connectivity index (χ0v) is 18.1. The largest absolute Gasteiger partial charge is 0.495 e. The van der Waals surface area contributed by atoms with Crippen molar-refractivity contribution in [3.05, 3.63) is 23.8 Å². The number of hydrogen-bond acceptors (Lipinski definition) is 6. The van der Waals surface area contributed by atoms with Gasteiger partial charge in [0.15, 0.2) is 0 Å². The van der Waals surface area contributed by atoms with Crippen molar-refractivity contribution in [2.75, 3.05) is 70.5 Å². The minimum atomic E-state index is -3.64. The fourth-order valence-electron chi connectivity index (χ4n) is 3.16. The Kier molecular flexibility index (Phi) is 8.09. The fourth-order valence-corrected chi connectivity index (χ4v) is 4.02. The van der Waals surface area contributed by atoms with Crippen molar-refractivity contribution in [1.29, 1.82) is 0 Å². The van der Waals surface area contributed by atoms with Crippen molar-refractivity contribution in [2.24, 2.45) is 0 Å². The third kappa shape index (κ3) is 6.65. The summed E-state index contributed by atoms with van der Waals surface area (Å²) in [6.07, 6.45) is 1.93. The molecule has 1 heterocycles. The van der Waals surface area contributed by atoms with Gasteiger partial charge in [-0.1, -0.05) is 6.07 Å². The predicted molar refractivity (Wildman–Crippen MR) is 111 cm³/mol. The first-order valence-corrected chi connectivity index (χ1v) is 11.4. The molecule has 0 aliphatic carbocycles. The molecule has 1 fully saturated rings. The van der Waals surface area contributed by atoms with Crippen LogP contribution in [0.25, 0.3) is 0 Å². The van der Waals surface area contributed by atoms with Crippen molar-refractivity contribution in [3.8, 4) is 5.75 Å². The van der Waals surface area contributed by atoms with E-state index in [-0.39, 0.29) is 12.5 Å². The number of ether oxygens (including phenoxy) is 1. The second-order valence-corrected chi connectivity index (χ2v) is 9.20. The van der Waals surface area contributed by atoms with Crippen molar-refractivity contribution in [3.63, 3.8) is 0 Å². The van der Waals surface area contributed by atoms with Crippen LogP contribution in [0.2, 0.25) is 0 Å². The number of aryl methyl sites for hydroxylation is 1. The molecule has 28 heavy (non-hydrogen) atoms. The molecule has 0 saturated carbocycles. The summed E-state index contributed by atoms with van der Waals surface area (Å²) in [6.45, 7) is 7.25. The Morgan fingerprint density at radius 3 is 2.54 bits per heavy atom. The molecule has 9 heteroatoms. The maximum Gasteiger partial charge on any atom is 0.240 e. The van der Waals surface area contributed by atoms with E-state index >= 15 is 0 Å². The van der Waals surface area contributed by atoms with E-state index in [0.29, 0.717) is 18.0 Å². The summed E-state index contributed by atoms with van der Waals surface area (Å²) in [5.74, 6) is 0.0891. The fraction of sp³-hybridized carbons (Fsp3) is 0.632. The summed E-state index contributed by atoms with van der Waals surface area (Å²) in [7, 11) is -0.0371. The van der Waals surface area contributed by atoms with Crippen LogP contribution in [0.3, 0.4) is 0 Å². The van der Waals surface area contributed by atoms with Crippen LogP contribution in [0.1, 0.15) is 12.0 Å². The van der Waals surface area contributed by atoms with E-state index in [9.17, 15) is 13.2 Å². The van der Waals surface area contributed by atoms with Gasteiger partial charge in [-0.25, -0.2) is 8.42 Å². The standard InChI is InChI=1S/C19H32N4O4S/c1-16-6-7-18(27-3)17(14-16)23(28(4,25)26)15-19(24)20-8-5-9-22-12-10-21(2)11-13-22/h6-7,14H,5,8-13,15H2,1-4H3,(H,20,24). The summed E-state index contributed by atoms with van der Waals surface area (Å²) < 4.78 is 31.0. The van der Waals surface area contributed by atoms with E-state index in [1.807, 2.05) is 13.0 Å². The summed E-state index contributed by atoms with van der Waals surface area (Å²) in [4.78, 5) is 17.1. The molecule has 1 saturated heterocycles. The lowest BCUT2D eigenvalue weighted by Crippen LogP contribution is -2.45. The van der Waals surface area contributed by atoms with Gasteiger partial charge in [0.05, 0.1) is 19.1 Å². The van der Waals surface area contributed by atoms with Crippen molar-refractivity contribution in [2.45, 2.75) is 13.3 Å². The number of hydrogen-bond donors (Lipinski definition) is 1. The second kappa shape index (κ2) is 10.1. The SMILES string of the molecule is COc1ccc(C)cc1N(CC(=O)NCCCN1CCN(C)CC1)S(C)(=O)=O. The molecule has 0 atom stereocenters. The van der Waals surface area contributed by atoms with Gasteiger partial charge >= 0.3 is 0 Å². The number of nitrogens with one attached hydrogen (secondary N) is 1. The number of benzene rings is 1. The summed E-state index contributed by atoms with van der Waals surface area (Å²) in [6, 6.07) is 5.25. The lowest BCUT2D eigenvalue weighted by molar-refractivity contribution is -0.119. The van der Waals surface area contributed by atoms with Crippen molar-refractivity contribution >= 4 is 21.6 Å². The topological polar surface area (TPSA) is 82.2 Å². The average Bonchev–Trinajstić information content (AvgIpc) is 2.64. The summed E-state index contributed by atoms with van der Waals surface area (Å²) >= 11 is 0. The molecule has 0 unspecified atom stereocenters. The van der Waals surface area contributed by atoms with E-state index in [2.05, 4.69) is 22.2 Å². The Morgan fingerprint density at radius 2 is 1.93 bits per heavy atom. The minimum Gasteiger partial charge on any atom is -0.495 e. The normalized spacial score (nSPS) is 16.0. The molecule has 0 radical (unpaired) electrons. The second-order valence-electron chi connectivity index (χ2n) is 7.29. The number of anilines is 1. The third-order valence-electron chi connectivity index (χ3n) is 4.86. The van der Waals surface area contributed by atoms with Gasteiger partial charge < -0.3 is 19.9 Å². The van der Waals surface area contributed by atoms with Crippen LogP contribution in [-0.4, -0.2) is 90.4 Å². The molecule has 1 aromatic carbocycles. The Bertz CT molecular complexity index is 761. The molecule has 1 N–H and O–H groups in total. The number of sulfonamides is 1. The number of nitrogens with zero attached hydrogens (tertiary/aromatic N) is 3. The van der Waals surface area contributed by atoms with Gasteiger partial charge in [0.2, 0.25) is 15.9 Å². The molecule has 1 amide bonds. The zero-order valence-electron chi connectivity index (χ0n) is 17.3. The number of likely N-dealkylation sites (N-methyl/N-ethyl adjacent to an activating group) is 1. The van der Waals surface area contributed by atoms with Crippen molar-refractivity contribution < 1.29 is 17.9 Å². The maximum absolute atomic E-state index is 12.4. The van der Waals surface area contributed by atoms with E-state index in [4.69, 9.17) is 4.74 Å². The lowest BCUT2D eigenvalue weighted by atomic mass is 10.2. The lowest BCUT2D eigenvalue weighted by Gasteiger charge is -2.32. The highest BCUT2D eigenvalue weighted by atomic mass is 32.2. The van der Waals surface area contributed by atoms with Gasteiger partial charge in [-0.15, -0.1) is 0 Å². The van der Waals surface area contributed by atoms with Crippen molar-refractivity contribution in [1.82, 2.24) is 15.1 Å². The van der Waals surface area contributed by atoms with Crippen LogP contribution in [0.4, 0.5) is 5.69 Å². The Labute approximate surface area is 168 Å². The molecule has 1 aliphatic heterocycles. The summed E-state index contributed by atoms with van der Waals surface area (Å²) in [5, 5.41) is 2.83. The first-order valence-electron chi connectivity index (χ1n) is 9.50. The predicted octanol–water partition coefficient (Wildman–Crippen LogP) is 0.523. The van der Waals surface area contributed by atoms with Gasteiger partial charge in [-0.3, -0.25) is 9.10 Å². The average molecular weight is 413 g/mol. The van der Waals surface area contributed by atoms with Crippen LogP contribution in [0.15, 0.2) is 18.2 Å². The zero-order chi connectivity index (χ0) is 20.7. The van der Waals surface area contributed by atoms with Crippen LogP contribution in [0, 0.1) is 6.92 Å². The van der Waals surface area contributed by atoms with E-state index in [1.54, 1.807) is 12.1 Å². The molecule has 158 valence electrons. The number of piperazine rings is 1. The highest BCUT2D eigenvalue weighted by molar-refractivity contribution is 7.92. The molecule has 8 nitrogen and oxygen atoms in total. The quantitative estimate of drug-likeness (QED) is 0.596. The number of carbonyl (C=O) groups excluding carboxylic acids is 1. The molecular formula is C19H32N4O4S. The maximum atomic E-state index is 12.4. The minimum absolute atomic E-state index is 0.271. The number of carbonyl (C=O) groups is 1. The number of amides is 1. The van der Waals surface area contributed by atoms with E-state index < -0.39 is 10.0 Å². The Morgan fingerprint density at radius 1 is 1.25 bits per heavy atom. The first-order chi connectivity index (χ1) is 13.2. The van der Waals surface area contributed by atoms with Crippen LogP contribution in [-0.2, 0) is 14.8 Å². The highest BCUT2D eigenvalue weighted by Crippen LogP contribution is 2.30. The van der Waals surface area contributed by atoms with Gasteiger partial charge in [-0.05, 0) is 44.6 Å². The molecule has 0 aromatic heterocycles. The van der Waals surface area contributed by atoms with Crippen LogP contribution in [0.5, 0.6) is 5.75 Å². The van der Waals surface area contributed by atoms with Crippen LogP contribution < -0.4 is 14.4 Å². The van der Waals surface area contributed by atoms with E-state index in [1.165, 1.54) is 7.11 Å². The Hall–Kier alpha value is -1.84. The number of rotatable bonds is 9. The highest BCUT2D eigenvalue weighted by Gasteiger charge is 2.24. The van der Waals surface area contributed by atoms with Gasteiger partial charge in [0, 0.05) is 32.7 Å². The first kappa shape index (κ1) is 22.4. The molecule has 2 rings (SSSR count). The smallest absolute Gasteiger partial charge is 0.240 e. The number of methoxy groups -OCH3 is 1. The summed E-state index contributed by atoms with van der Waals surface area (Å²) in [5.41, 5.74) is 1.26. The third-order valence-corrected chi connectivity index (χ3v) is 5.99.